The van der Waals surface area contributed by atoms with Crippen LogP contribution in [0.15, 0.2) is 22.4 Å². The van der Waals surface area contributed by atoms with Crippen LogP contribution in [-0.4, -0.2) is 59.3 Å². The SMILES string of the molecule is C=Nc1[nH]cc(-c2ncc(F)c(N[C@H]3CCCN(S(=O)(=O)CCCC)C3)n2)c1/C=C(\C)Cl. The van der Waals surface area contributed by atoms with Crippen LogP contribution in [0.3, 0.4) is 0 Å². The highest BCUT2D eigenvalue weighted by Gasteiger charge is 2.29. The van der Waals surface area contributed by atoms with Crippen molar-refractivity contribution in [3.8, 4) is 11.4 Å². The molecular formula is C21H28ClFN6O2S. The summed E-state index contributed by atoms with van der Waals surface area (Å²) in [6, 6.07) is -0.251. The second kappa shape index (κ2) is 10.5. The van der Waals surface area contributed by atoms with Crippen LogP contribution in [0.2, 0.25) is 0 Å². The largest absolute Gasteiger partial charge is 0.363 e. The molecule has 32 heavy (non-hydrogen) atoms. The topological polar surface area (TPSA) is 103 Å². The first-order valence-corrected chi connectivity index (χ1v) is 12.5. The number of sulfonamides is 1. The zero-order chi connectivity index (χ0) is 23.3. The average Bonchev–Trinajstić information content (AvgIpc) is 3.16. The predicted molar refractivity (Wildman–Crippen MR) is 127 cm³/mol. The normalized spacial score (nSPS) is 18.0. The van der Waals surface area contributed by atoms with Crippen molar-refractivity contribution in [3.63, 3.8) is 0 Å². The highest BCUT2D eigenvalue weighted by molar-refractivity contribution is 7.89. The molecule has 0 bridgehead atoms. The molecule has 0 amide bonds. The molecule has 1 fully saturated rings. The Morgan fingerprint density at radius 1 is 1.53 bits per heavy atom. The highest BCUT2D eigenvalue weighted by Crippen LogP contribution is 2.32. The number of piperidine rings is 1. The van der Waals surface area contributed by atoms with Crippen LogP contribution >= 0.6 is 11.6 Å². The summed E-state index contributed by atoms with van der Waals surface area (Å²) in [7, 11) is -3.32. The zero-order valence-corrected chi connectivity index (χ0v) is 19.8. The molecule has 8 nitrogen and oxygen atoms in total. The maximum atomic E-state index is 14.5. The van der Waals surface area contributed by atoms with E-state index in [0.29, 0.717) is 47.8 Å². The number of anilines is 1. The fourth-order valence-corrected chi connectivity index (χ4v) is 5.48. The third kappa shape index (κ3) is 5.73. The highest BCUT2D eigenvalue weighted by atomic mass is 35.5. The molecule has 0 unspecified atom stereocenters. The number of unbranched alkanes of at least 4 members (excludes halogenated alkanes) is 1. The maximum Gasteiger partial charge on any atom is 0.214 e. The van der Waals surface area contributed by atoms with E-state index >= 15 is 0 Å². The predicted octanol–water partition coefficient (Wildman–Crippen LogP) is 4.55. The van der Waals surface area contributed by atoms with Crippen LogP contribution in [-0.2, 0) is 10.0 Å². The van der Waals surface area contributed by atoms with Gasteiger partial charge in [-0.1, -0.05) is 24.9 Å². The number of aromatic nitrogens is 3. The van der Waals surface area contributed by atoms with E-state index in [0.717, 1.165) is 12.6 Å². The quantitative estimate of drug-likeness (QED) is 0.510. The molecule has 3 heterocycles. The van der Waals surface area contributed by atoms with E-state index in [9.17, 15) is 12.8 Å². The summed E-state index contributed by atoms with van der Waals surface area (Å²) in [4.78, 5) is 15.4. The molecule has 0 spiro atoms. The first-order chi connectivity index (χ1) is 15.2. The van der Waals surface area contributed by atoms with Crippen LogP contribution in [0.4, 0.5) is 16.0 Å². The first-order valence-electron chi connectivity index (χ1n) is 10.5. The summed E-state index contributed by atoms with van der Waals surface area (Å²) in [5, 5.41) is 3.61. The lowest BCUT2D eigenvalue weighted by Gasteiger charge is -2.32. The smallest absolute Gasteiger partial charge is 0.214 e. The molecule has 174 valence electrons. The lowest BCUT2D eigenvalue weighted by atomic mass is 10.1. The Kier molecular flexibility index (Phi) is 8.02. The minimum atomic E-state index is -3.32. The number of aromatic amines is 1. The molecule has 2 aromatic heterocycles. The Hall–Kier alpha value is -2.30. The van der Waals surface area contributed by atoms with Crippen molar-refractivity contribution in [2.45, 2.75) is 45.6 Å². The Balaban J connectivity index is 1.84. The van der Waals surface area contributed by atoms with Gasteiger partial charge in [-0.05, 0) is 39.0 Å². The van der Waals surface area contributed by atoms with Gasteiger partial charge in [0.2, 0.25) is 10.0 Å². The van der Waals surface area contributed by atoms with Crippen molar-refractivity contribution in [2.75, 3.05) is 24.2 Å². The maximum absolute atomic E-state index is 14.5. The van der Waals surface area contributed by atoms with Crippen LogP contribution in [0, 0.1) is 5.82 Å². The molecule has 1 aliphatic rings. The van der Waals surface area contributed by atoms with Gasteiger partial charge in [0.25, 0.3) is 0 Å². The van der Waals surface area contributed by atoms with E-state index in [2.05, 4.69) is 32.0 Å². The molecule has 3 rings (SSSR count). The second-order valence-electron chi connectivity index (χ2n) is 7.76. The summed E-state index contributed by atoms with van der Waals surface area (Å²) >= 11 is 6.04. The van der Waals surface area contributed by atoms with Gasteiger partial charge >= 0.3 is 0 Å². The molecule has 0 radical (unpaired) electrons. The van der Waals surface area contributed by atoms with Crippen molar-refractivity contribution < 1.29 is 12.8 Å². The number of aliphatic imine (C=N–C) groups is 1. The Bertz CT molecular complexity index is 1100. The molecular weight excluding hydrogens is 455 g/mol. The van der Waals surface area contributed by atoms with Crippen molar-refractivity contribution >= 4 is 46.1 Å². The van der Waals surface area contributed by atoms with Gasteiger partial charge in [0.05, 0.1) is 11.9 Å². The third-order valence-electron chi connectivity index (χ3n) is 5.26. The molecule has 0 saturated carbocycles. The number of hydrogen-bond donors (Lipinski definition) is 2. The molecule has 0 aliphatic carbocycles. The second-order valence-corrected chi connectivity index (χ2v) is 10.4. The van der Waals surface area contributed by atoms with Crippen LogP contribution in [0.25, 0.3) is 17.5 Å². The zero-order valence-electron chi connectivity index (χ0n) is 18.2. The van der Waals surface area contributed by atoms with E-state index in [1.165, 1.54) is 4.31 Å². The van der Waals surface area contributed by atoms with E-state index in [1.54, 1.807) is 19.2 Å². The Morgan fingerprint density at radius 2 is 2.31 bits per heavy atom. The number of rotatable bonds is 9. The molecule has 1 aliphatic heterocycles. The molecule has 2 aromatic rings. The standard InChI is InChI=1S/C21H28ClFN6O2S/c1-4-5-9-32(30,31)29-8-6-7-15(13-29)27-21-18(23)12-26-20(28-21)17-11-25-19(24-3)16(17)10-14(2)22/h10-12,15,25H,3-9,13H2,1-2H3,(H,26,27,28)/b14-10+/t15-/m0/s1. The van der Waals surface area contributed by atoms with Crippen LogP contribution in [0.1, 0.15) is 45.1 Å². The third-order valence-corrected chi connectivity index (χ3v) is 7.29. The molecule has 2 N–H and O–H groups in total. The van der Waals surface area contributed by atoms with Gasteiger partial charge in [0, 0.05) is 41.5 Å². The van der Waals surface area contributed by atoms with Crippen molar-refractivity contribution in [1.29, 1.82) is 0 Å². The van der Waals surface area contributed by atoms with Gasteiger partial charge < -0.3 is 10.3 Å². The number of nitrogens with one attached hydrogen (secondary N) is 2. The minimum absolute atomic E-state index is 0.0274. The number of nitrogens with zero attached hydrogens (tertiary/aromatic N) is 4. The molecule has 0 aromatic carbocycles. The van der Waals surface area contributed by atoms with E-state index in [4.69, 9.17) is 11.6 Å². The van der Waals surface area contributed by atoms with Crippen molar-refractivity contribution in [1.82, 2.24) is 19.3 Å². The van der Waals surface area contributed by atoms with Gasteiger partial charge in [-0.3, -0.25) is 0 Å². The van der Waals surface area contributed by atoms with Crippen LogP contribution < -0.4 is 5.32 Å². The first kappa shape index (κ1) is 24.3. The Labute approximate surface area is 193 Å². The van der Waals surface area contributed by atoms with Gasteiger partial charge in [-0.2, -0.15) is 4.31 Å². The molecule has 1 atom stereocenters. The lowest BCUT2D eigenvalue weighted by Crippen LogP contribution is -2.46. The number of hydrogen-bond acceptors (Lipinski definition) is 6. The summed E-state index contributed by atoms with van der Waals surface area (Å²) in [5.41, 5.74) is 1.25. The lowest BCUT2D eigenvalue weighted by molar-refractivity contribution is 0.326. The number of H-pyrrole nitrogens is 1. The van der Waals surface area contributed by atoms with Crippen molar-refractivity contribution in [2.24, 2.45) is 4.99 Å². The summed E-state index contributed by atoms with van der Waals surface area (Å²) in [6.07, 6.45) is 7.31. The summed E-state index contributed by atoms with van der Waals surface area (Å²) in [6.45, 7) is 7.99. The fourth-order valence-electron chi connectivity index (χ4n) is 3.64. The summed E-state index contributed by atoms with van der Waals surface area (Å²) < 4.78 is 41.2. The van der Waals surface area contributed by atoms with Gasteiger partial charge in [0.15, 0.2) is 17.5 Å². The minimum Gasteiger partial charge on any atom is -0.363 e. The van der Waals surface area contributed by atoms with E-state index in [-0.39, 0.29) is 30.0 Å². The van der Waals surface area contributed by atoms with Gasteiger partial charge in [-0.15, -0.1) is 0 Å². The fraction of sp³-hybridized carbons (Fsp3) is 0.476. The van der Waals surface area contributed by atoms with Gasteiger partial charge in [0.1, 0.15) is 5.82 Å². The van der Waals surface area contributed by atoms with E-state index < -0.39 is 15.8 Å². The monoisotopic (exact) mass is 482 g/mol. The van der Waals surface area contributed by atoms with E-state index in [1.807, 2.05) is 6.92 Å². The van der Waals surface area contributed by atoms with Crippen LogP contribution in [0.5, 0.6) is 0 Å². The molecule has 1 saturated heterocycles. The van der Waals surface area contributed by atoms with Crippen molar-refractivity contribution in [3.05, 3.63) is 28.8 Å². The number of allylic oxidation sites excluding steroid dienone is 1. The molecule has 11 heteroatoms. The number of halogens is 2. The summed E-state index contributed by atoms with van der Waals surface area (Å²) in [5.74, 6) is 0.337. The average molecular weight is 483 g/mol. The van der Waals surface area contributed by atoms with Gasteiger partial charge in [-0.25, -0.2) is 27.8 Å². The Morgan fingerprint density at radius 3 is 3.00 bits per heavy atom.